The zero-order valence-electron chi connectivity index (χ0n) is 10.3. The molecule has 2 rings (SSSR count). The number of benzene rings is 1. The highest BCUT2D eigenvalue weighted by Crippen LogP contribution is 2.24. The SMILES string of the molecule is CC1CN(c2ccc(Cl)cc2)C(CO)CN1C. The maximum absolute atomic E-state index is 9.49. The number of rotatable bonds is 2. The zero-order valence-corrected chi connectivity index (χ0v) is 11.1. The average Bonchev–Trinajstić information content (AvgIpc) is 2.33. The first-order valence-corrected chi connectivity index (χ1v) is 6.33. The topological polar surface area (TPSA) is 26.7 Å². The zero-order chi connectivity index (χ0) is 12.4. The van der Waals surface area contributed by atoms with E-state index in [4.69, 9.17) is 11.6 Å². The molecule has 3 nitrogen and oxygen atoms in total. The average molecular weight is 255 g/mol. The number of piperazine rings is 1. The Hall–Kier alpha value is -0.770. The molecule has 0 aromatic heterocycles. The summed E-state index contributed by atoms with van der Waals surface area (Å²) < 4.78 is 0. The van der Waals surface area contributed by atoms with Crippen LogP contribution in [-0.4, -0.2) is 48.8 Å². The van der Waals surface area contributed by atoms with Crippen molar-refractivity contribution in [1.82, 2.24) is 4.90 Å². The molecule has 2 unspecified atom stereocenters. The van der Waals surface area contributed by atoms with E-state index in [0.717, 1.165) is 23.8 Å². The summed E-state index contributed by atoms with van der Waals surface area (Å²) in [5.74, 6) is 0. The van der Waals surface area contributed by atoms with E-state index < -0.39 is 0 Å². The van der Waals surface area contributed by atoms with Gasteiger partial charge in [0.1, 0.15) is 0 Å². The molecule has 1 fully saturated rings. The maximum Gasteiger partial charge on any atom is 0.0648 e. The van der Waals surface area contributed by atoms with Crippen molar-refractivity contribution in [3.8, 4) is 0 Å². The van der Waals surface area contributed by atoms with Crippen molar-refractivity contribution in [2.24, 2.45) is 0 Å². The molecule has 1 aromatic rings. The first-order chi connectivity index (χ1) is 8.11. The lowest BCUT2D eigenvalue weighted by molar-refractivity contribution is 0.155. The van der Waals surface area contributed by atoms with Gasteiger partial charge in [-0.1, -0.05) is 11.6 Å². The van der Waals surface area contributed by atoms with Gasteiger partial charge in [-0.05, 0) is 38.2 Å². The summed E-state index contributed by atoms with van der Waals surface area (Å²) in [7, 11) is 2.10. The maximum atomic E-state index is 9.49. The predicted molar refractivity (Wildman–Crippen MR) is 71.8 cm³/mol. The number of hydrogen-bond acceptors (Lipinski definition) is 3. The molecule has 1 aromatic carbocycles. The molecule has 1 N–H and O–H groups in total. The van der Waals surface area contributed by atoms with Crippen LogP contribution in [0, 0.1) is 0 Å². The Bertz CT molecular complexity index is 368. The summed E-state index contributed by atoms with van der Waals surface area (Å²) in [5, 5.41) is 10.2. The molecule has 2 atom stereocenters. The smallest absolute Gasteiger partial charge is 0.0648 e. The van der Waals surface area contributed by atoms with Crippen LogP contribution in [0.1, 0.15) is 6.92 Å². The Labute approximate surface area is 108 Å². The minimum atomic E-state index is 0.164. The number of halogens is 1. The fraction of sp³-hybridized carbons (Fsp3) is 0.538. The Kier molecular flexibility index (Phi) is 3.92. The lowest BCUT2D eigenvalue weighted by Gasteiger charge is -2.44. The van der Waals surface area contributed by atoms with Gasteiger partial charge >= 0.3 is 0 Å². The van der Waals surface area contributed by atoms with Gasteiger partial charge in [0.15, 0.2) is 0 Å². The van der Waals surface area contributed by atoms with Crippen molar-refractivity contribution < 1.29 is 5.11 Å². The Balaban J connectivity index is 2.20. The molecule has 1 aliphatic heterocycles. The second-order valence-electron chi connectivity index (χ2n) is 4.75. The highest BCUT2D eigenvalue weighted by molar-refractivity contribution is 6.30. The molecule has 0 bridgehead atoms. The van der Waals surface area contributed by atoms with Gasteiger partial charge in [0.25, 0.3) is 0 Å². The van der Waals surface area contributed by atoms with Crippen LogP contribution in [0.3, 0.4) is 0 Å². The van der Waals surface area contributed by atoms with Gasteiger partial charge in [0.05, 0.1) is 12.6 Å². The summed E-state index contributed by atoms with van der Waals surface area (Å²) in [6.07, 6.45) is 0. The van der Waals surface area contributed by atoms with Gasteiger partial charge < -0.3 is 10.0 Å². The molecule has 4 heteroatoms. The largest absolute Gasteiger partial charge is 0.394 e. The molecule has 1 aliphatic rings. The second kappa shape index (κ2) is 5.25. The molecule has 0 spiro atoms. The standard InChI is InChI=1S/C13H19ClN2O/c1-10-7-16(13(9-17)8-15(10)2)12-5-3-11(14)4-6-12/h3-6,10,13,17H,7-9H2,1-2H3. The summed E-state index contributed by atoms with van der Waals surface area (Å²) in [4.78, 5) is 4.55. The lowest BCUT2D eigenvalue weighted by Crippen LogP contribution is -2.57. The molecule has 0 saturated carbocycles. The molecule has 17 heavy (non-hydrogen) atoms. The van der Waals surface area contributed by atoms with Crippen LogP contribution in [0.2, 0.25) is 5.02 Å². The van der Waals surface area contributed by atoms with Gasteiger partial charge in [-0.15, -0.1) is 0 Å². The monoisotopic (exact) mass is 254 g/mol. The first-order valence-electron chi connectivity index (χ1n) is 5.95. The van der Waals surface area contributed by atoms with Gasteiger partial charge in [-0.2, -0.15) is 0 Å². The van der Waals surface area contributed by atoms with E-state index in [0.29, 0.717) is 6.04 Å². The third-order valence-electron chi connectivity index (χ3n) is 3.52. The van der Waals surface area contributed by atoms with Crippen LogP contribution < -0.4 is 4.90 Å². The van der Waals surface area contributed by atoms with Crippen LogP contribution in [0.4, 0.5) is 5.69 Å². The van der Waals surface area contributed by atoms with Crippen molar-refractivity contribution in [3.05, 3.63) is 29.3 Å². The fourth-order valence-electron chi connectivity index (χ4n) is 2.29. The Morgan fingerprint density at radius 1 is 1.29 bits per heavy atom. The molecule has 0 radical (unpaired) electrons. The number of nitrogens with zero attached hydrogens (tertiary/aromatic N) is 2. The molecular weight excluding hydrogens is 236 g/mol. The predicted octanol–water partition coefficient (Wildman–Crippen LogP) is 1.84. The minimum Gasteiger partial charge on any atom is -0.394 e. The molecule has 0 aliphatic carbocycles. The van der Waals surface area contributed by atoms with Crippen LogP contribution in [0.15, 0.2) is 24.3 Å². The Morgan fingerprint density at radius 2 is 1.94 bits per heavy atom. The molecule has 1 heterocycles. The fourth-order valence-corrected chi connectivity index (χ4v) is 2.42. The number of aliphatic hydroxyl groups is 1. The van der Waals surface area contributed by atoms with E-state index in [1.807, 2.05) is 24.3 Å². The van der Waals surface area contributed by atoms with E-state index >= 15 is 0 Å². The van der Waals surface area contributed by atoms with E-state index in [9.17, 15) is 5.11 Å². The summed E-state index contributed by atoms with van der Waals surface area (Å²) in [5.41, 5.74) is 1.13. The van der Waals surface area contributed by atoms with Crippen LogP contribution in [0.25, 0.3) is 0 Å². The lowest BCUT2D eigenvalue weighted by atomic mass is 10.1. The van der Waals surface area contributed by atoms with Crippen LogP contribution in [0.5, 0.6) is 0 Å². The molecular formula is C13H19ClN2O. The van der Waals surface area contributed by atoms with Crippen LogP contribution >= 0.6 is 11.6 Å². The Morgan fingerprint density at radius 3 is 2.53 bits per heavy atom. The number of aliphatic hydroxyl groups excluding tert-OH is 1. The number of likely N-dealkylation sites (N-methyl/N-ethyl adjacent to an activating group) is 1. The van der Waals surface area contributed by atoms with Crippen molar-refractivity contribution in [3.63, 3.8) is 0 Å². The highest BCUT2D eigenvalue weighted by atomic mass is 35.5. The molecule has 94 valence electrons. The van der Waals surface area contributed by atoms with Crippen molar-refractivity contribution in [2.75, 3.05) is 31.6 Å². The molecule has 1 saturated heterocycles. The third-order valence-corrected chi connectivity index (χ3v) is 3.77. The van der Waals surface area contributed by atoms with Gasteiger partial charge in [0.2, 0.25) is 0 Å². The van der Waals surface area contributed by atoms with Crippen molar-refractivity contribution in [1.29, 1.82) is 0 Å². The summed E-state index contributed by atoms with van der Waals surface area (Å²) in [6, 6.07) is 8.49. The number of anilines is 1. The highest BCUT2D eigenvalue weighted by Gasteiger charge is 2.29. The van der Waals surface area contributed by atoms with Crippen molar-refractivity contribution in [2.45, 2.75) is 19.0 Å². The normalized spacial score (nSPS) is 26.2. The van der Waals surface area contributed by atoms with Gasteiger partial charge in [-0.25, -0.2) is 0 Å². The summed E-state index contributed by atoms with van der Waals surface area (Å²) >= 11 is 5.90. The van der Waals surface area contributed by atoms with E-state index in [-0.39, 0.29) is 12.6 Å². The van der Waals surface area contributed by atoms with E-state index in [1.54, 1.807) is 0 Å². The number of hydrogen-bond donors (Lipinski definition) is 1. The van der Waals surface area contributed by atoms with Crippen molar-refractivity contribution >= 4 is 17.3 Å². The first kappa shape index (κ1) is 12.7. The van der Waals surface area contributed by atoms with E-state index in [2.05, 4.69) is 23.8 Å². The second-order valence-corrected chi connectivity index (χ2v) is 5.19. The van der Waals surface area contributed by atoms with Crippen LogP contribution in [-0.2, 0) is 0 Å². The van der Waals surface area contributed by atoms with E-state index in [1.165, 1.54) is 0 Å². The summed E-state index contributed by atoms with van der Waals surface area (Å²) in [6.45, 7) is 4.21. The quantitative estimate of drug-likeness (QED) is 0.873. The minimum absolute atomic E-state index is 0.164. The molecule has 0 amide bonds. The van der Waals surface area contributed by atoms with Gasteiger partial charge in [0, 0.05) is 29.8 Å². The van der Waals surface area contributed by atoms with Gasteiger partial charge in [-0.3, -0.25) is 4.90 Å². The third kappa shape index (κ3) is 2.73.